The molecule has 0 spiro atoms. The van der Waals surface area contributed by atoms with Crippen molar-refractivity contribution in [2.24, 2.45) is 0 Å². The molecular weight excluding hydrogens is 360 g/mol. The van der Waals surface area contributed by atoms with Crippen LogP contribution in [0.4, 0.5) is 0 Å². The molecule has 1 aromatic heterocycles. The Kier molecular flexibility index (Phi) is 6.09. The van der Waals surface area contributed by atoms with Crippen molar-refractivity contribution < 1.29 is 9.90 Å². The van der Waals surface area contributed by atoms with E-state index in [0.29, 0.717) is 11.6 Å². The molecule has 1 amide bonds. The Bertz CT molecular complexity index is 943. The number of hydrogen-bond acceptors (Lipinski definition) is 3. The van der Waals surface area contributed by atoms with Crippen LogP contribution < -0.4 is 5.32 Å². The van der Waals surface area contributed by atoms with Crippen LogP contribution in [0.5, 0.6) is 5.75 Å². The summed E-state index contributed by atoms with van der Waals surface area (Å²) in [7, 11) is 0. The number of benzene rings is 2. The third kappa shape index (κ3) is 5.08. The smallest absolute Gasteiger partial charge is 0.221 e. The number of carbonyl (C=O) groups is 1. The molecule has 0 saturated carbocycles. The summed E-state index contributed by atoms with van der Waals surface area (Å²) in [6.07, 6.45) is 0.221. The average Bonchev–Trinajstić information content (AvgIpc) is 2.65. The standard InChI is InChI=1S/C22H21ClN2O2/c1-15-6-4-8-17(25-15)14-24-22(27)13-20(16-7-5-9-18(26)12-16)19-10-2-3-11-21(19)23/h2-12,20,26H,13-14H2,1H3,(H,24,27). The Morgan fingerprint density at radius 1 is 1.11 bits per heavy atom. The topological polar surface area (TPSA) is 62.2 Å². The molecule has 27 heavy (non-hydrogen) atoms. The first-order chi connectivity index (χ1) is 13.0. The van der Waals surface area contributed by atoms with Gasteiger partial charge in [0.1, 0.15) is 5.75 Å². The maximum absolute atomic E-state index is 12.6. The molecule has 138 valence electrons. The summed E-state index contributed by atoms with van der Waals surface area (Å²) in [4.78, 5) is 17.0. The molecule has 0 fully saturated rings. The van der Waals surface area contributed by atoms with Crippen LogP contribution in [0.15, 0.2) is 66.7 Å². The molecule has 1 atom stereocenters. The number of pyridine rings is 1. The van der Waals surface area contributed by atoms with Gasteiger partial charge in [0.25, 0.3) is 0 Å². The second-order valence-electron chi connectivity index (χ2n) is 6.42. The van der Waals surface area contributed by atoms with E-state index >= 15 is 0 Å². The molecule has 2 N–H and O–H groups in total. The van der Waals surface area contributed by atoms with Crippen LogP contribution in [-0.4, -0.2) is 16.0 Å². The number of phenols is 1. The quantitative estimate of drug-likeness (QED) is 0.657. The number of nitrogens with zero attached hydrogens (tertiary/aromatic N) is 1. The fraction of sp³-hybridized carbons (Fsp3) is 0.182. The Morgan fingerprint density at radius 2 is 1.89 bits per heavy atom. The maximum Gasteiger partial charge on any atom is 0.221 e. The summed E-state index contributed by atoms with van der Waals surface area (Å²) < 4.78 is 0. The molecular formula is C22H21ClN2O2. The van der Waals surface area contributed by atoms with E-state index in [0.717, 1.165) is 22.5 Å². The largest absolute Gasteiger partial charge is 0.508 e. The van der Waals surface area contributed by atoms with Gasteiger partial charge in [-0.05, 0) is 48.4 Å². The highest BCUT2D eigenvalue weighted by Crippen LogP contribution is 2.34. The zero-order valence-corrected chi connectivity index (χ0v) is 15.8. The van der Waals surface area contributed by atoms with E-state index < -0.39 is 0 Å². The second-order valence-corrected chi connectivity index (χ2v) is 6.83. The van der Waals surface area contributed by atoms with Gasteiger partial charge in [0.05, 0.1) is 12.2 Å². The van der Waals surface area contributed by atoms with Gasteiger partial charge in [-0.25, -0.2) is 0 Å². The Balaban J connectivity index is 1.79. The van der Waals surface area contributed by atoms with Gasteiger partial charge in [0, 0.05) is 23.1 Å². The third-order valence-electron chi connectivity index (χ3n) is 4.36. The number of aromatic hydroxyl groups is 1. The van der Waals surface area contributed by atoms with Crippen LogP contribution in [0.2, 0.25) is 5.02 Å². The lowest BCUT2D eigenvalue weighted by Crippen LogP contribution is -2.25. The summed E-state index contributed by atoms with van der Waals surface area (Å²) >= 11 is 6.38. The van der Waals surface area contributed by atoms with Crippen LogP contribution in [0, 0.1) is 6.92 Å². The highest BCUT2D eigenvalue weighted by Gasteiger charge is 2.21. The number of nitrogens with one attached hydrogen (secondary N) is 1. The van der Waals surface area contributed by atoms with Gasteiger partial charge in [0.2, 0.25) is 5.91 Å². The first kappa shape index (κ1) is 18.9. The first-order valence-electron chi connectivity index (χ1n) is 8.75. The molecule has 0 aliphatic rings. The predicted molar refractivity (Wildman–Crippen MR) is 107 cm³/mol. The molecule has 0 saturated heterocycles. The molecule has 2 aromatic carbocycles. The van der Waals surface area contributed by atoms with Crippen molar-refractivity contribution in [2.75, 3.05) is 0 Å². The highest BCUT2D eigenvalue weighted by atomic mass is 35.5. The van der Waals surface area contributed by atoms with Crippen molar-refractivity contribution in [2.45, 2.75) is 25.8 Å². The Labute approximate surface area is 163 Å². The summed E-state index contributed by atoms with van der Waals surface area (Å²) in [5, 5.41) is 13.4. The van der Waals surface area contributed by atoms with Gasteiger partial charge in [0.15, 0.2) is 0 Å². The lowest BCUT2D eigenvalue weighted by molar-refractivity contribution is -0.121. The predicted octanol–water partition coefficient (Wildman–Crippen LogP) is 4.59. The van der Waals surface area contributed by atoms with Crippen molar-refractivity contribution >= 4 is 17.5 Å². The van der Waals surface area contributed by atoms with Crippen molar-refractivity contribution in [3.05, 3.63) is 94.3 Å². The molecule has 1 unspecified atom stereocenters. The number of aromatic nitrogens is 1. The molecule has 0 aliphatic heterocycles. The molecule has 3 aromatic rings. The van der Waals surface area contributed by atoms with Gasteiger partial charge < -0.3 is 10.4 Å². The van der Waals surface area contributed by atoms with E-state index in [2.05, 4.69) is 10.3 Å². The molecule has 5 heteroatoms. The van der Waals surface area contributed by atoms with E-state index in [1.807, 2.05) is 49.4 Å². The number of aryl methyl sites for hydroxylation is 1. The fourth-order valence-corrected chi connectivity index (χ4v) is 3.32. The summed E-state index contributed by atoms with van der Waals surface area (Å²) in [6, 6.07) is 20.1. The van der Waals surface area contributed by atoms with Crippen LogP contribution in [0.25, 0.3) is 0 Å². The van der Waals surface area contributed by atoms with E-state index in [4.69, 9.17) is 11.6 Å². The minimum absolute atomic E-state index is 0.105. The minimum Gasteiger partial charge on any atom is -0.508 e. The van der Waals surface area contributed by atoms with E-state index in [1.165, 1.54) is 0 Å². The zero-order valence-electron chi connectivity index (χ0n) is 15.0. The lowest BCUT2D eigenvalue weighted by Gasteiger charge is -2.19. The van der Waals surface area contributed by atoms with Gasteiger partial charge in [-0.15, -0.1) is 0 Å². The summed E-state index contributed by atoms with van der Waals surface area (Å²) in [5.74, 6) is -0.197. The van der Waals surface area contributed by atoms with Crippen LogP contribution in [-0.2, 0) is 11.3 Å². The molecule has 0 bridgehead atoms. The number of rotatable bonds is 6. The van der Waals surface area contributed by atoms with Crippen molar-refractivity contribution in [1.29, 1.82) is 0 Å². The SMILES string of the molecule is Cc1cccc(CNC(=O)CC(c2cccc(O)c2)c2ccccc2Cl)n1. The Hall–Kier alpha value is -2.85. The van der Waals surface area contributed by atoms with Crippen LogP contribution in [0.3, 0.4) is 0 Å². The zero-order chi connectivity index (χ0) is 19.2. The third-order valence-corrected chi connectivity index (χ3v) is 4.70. The van der Waals surface area contributed by atoms with E-state index in [9.17, 15) is 9.90 Å². The van der Waals surface area contributed by atoms with E-state index in [-0.39, 0.29) is 24.0 Å². The number of halogens is 1. The van der Waals surface area contributed by atoms with E-state index in [1.54, 1.807) is 24.3 Å². The average molecular weight is 381 g/mol. The Morgan fingerprint density at radius 3 is 2.63 bits per heavy atom. The second kappa shape index (κ2) is 8.69. The number of carbonyl (C=O) groups excluding carboxylic acids is 1. The molecule has 4 nitrogen and oxygen atoms in total. The molecule has 3 rings (SSSR count). The summed E-state index contributed by atoms with van der Waals surface area (Å²) in [6.45, 7) is 2.29. The van der Waals surface area contributed by atoms with Gasteiger partial charge in [-0.1, -0.05) is 48.0 Å². The normalized spacial score (nSPS) is 11.8. The first-order valence-corrected chi connectivity index (χ1v) is 9.13. The highest BCUT2D eigenvalue weighted by molar-refractivity contribution is 6.31. The molecule has 1 heterocycles. The summed E-state index contributed by atoms with van der Waals surface area (Å²) in [5.41, 5.74) is 3.42. The van der Waals surface area contributed by atoms with Crippen molar-refractivity contribution in [1.82, 2.24) is 10.3 Å². The monoisotopic (exact) mass is 380 g/mol. The number of hydrogen-bond donors (Lipinski definition) is 2. The van der Waals surface area contributed by atoms with Gasteiger partial charge in [-0.2, -0.15) is 0 Å². The van der Waals surface area contributed by atoms with Crippen molar-refractivity contribution in [3.8, 4) is 5.75 Å². The van der Waals surface area contributed by atoms with Crippen molar-refractivity contribution in [3.63, 3.8) is 0 Å². The maximum atomic E-state index is 12.6. The molecule has 0 aliphatic carbocycles. The van der Waals surface area contributed by atoms with Gasteiger partial charge >= 0.3 is 0 Å². The lowest BCUT2D eigenvalue weighted by atomic mass is 9.88. The fourth-order valence-electron chi connectivity index (χ4n) is 3.05. The van der Waals surface area contributed by atoms with Crippen LogP contribution in [0.1, 0.15) is 34.9 Å². The van der Waals surface area contributed by atoms with Gasteiger partial charge in [-0.3, -0.25) is 9.78 Å². The number of amides is 1. The number of phenolic OH excluding ortho intramolecular Hbond substituents is 1. The minimum atomic E-state index is -0.253. The van der Waals surface area contributed by atoms with Crippen LogP contribution >= 0.6 is 11.6 Å². The molecule has 0 radical (unpaired) electrons.